The van der Waals surface area contributed by atoms with Gasteiger partial charge in [0.1, 0.15) is 6.17 Å². The zero-order valence-corrected chi connectivity index (χ0v) is 16.1. The van der Waals surface area contributed by atoms with Crippen LogP contribution in [0, 0.1) is 6.92 Å². The maximum absolute atomic E-state index is 13.3. The molecule has 5 nitrogen and oxygen atoms in total. The molecule has 1 heterocycles. The first-order valence-corrected chi connectivity index (χ1v) is 10.2. The lowest BCUT2D eigenvalue weighted by Gasteiger charge is -2.31. The molecule has 1 aliphatic heterocycles. The van der Waals surface area contributed by atoms with Gasteiger partial charge in [-0.1, -0.05) is 55.0 Å². The van der Waals surface area contributed by atoms with Gasteiger partial charge in [-0.2, -0.15) is 4.31 Å². The highest BCUT2D eigenvalue weighted by Crippen LogP contribution is 2.38. The molecule has 1 aliphatic rings. The molecule has 0 N–H and O–H groups in total. The zero-order chi connectivity index (χ0) is 18.9. The quantitative estimate of drug-likeness (QED) is 0.827. The van der Waals surface area contributed by atoms with Gasteiger partial charge in [0.2, 0.25) is 15.9 Å². The van der Waals surface area contributed by atoms with Crippen LogP contribution in [0.25, 0.3) is 0 Å². The summed E-state index contributed by atoms with van der Waals surface area (Å²) in [5.74, 6) is -0.0482. The number of hydrogen-bond donors (Lipinski definition) is 0. The molecular weight excluding hydrogens is 348 g/mol. The molecule has 0 aliphatic carbocycles. The Kier molecular flexibility index (Phi) is 5.16. The number of hydrogen-bond acceptors (Lipinski definition) is 3. The normalized spacial score (nSPS) is 21.1. The minimum atomic E-state index is -3.72. The van der Waals surface area contributed by atoms with E-state index in [1.807, 2.05) is 44.2 Å². The smallest absolute Gasteiger partial charge is 0.245 e. The maximum atomic E-state index is 13.3. The third-order valence-corrected chi connectivity index (χ3v) is 6.61. The van der Waals surface area contributed by atoms with E-state index in [9.17, 15) is 13.2 Å². The minimum Gasteiger partial charge on any atom is -0.318 e. The molecule has 0 bridgehead atoms. The number of carbonyl (C=O) groups is 1. The maximum Gasteiger partial charge on any atom is 0.245 e. The van der Waals surface area contributed by atoms with Gasteiger partial charge in [0, 0.05) is 19.0 Å². The van der Waals surface area contributed by atoms with Gasteiger partial charge in [0.25, 0.3) is 0 Å². The summed E-state index contributed by atoms with van der Waals surface area (Å²) in [6.45, 7) is 5.90. The zero-order valence-electron chi connectivity index (χ0n) is 15.3. The van der Waals surface area contributed by atoms with Crippen LogP contribution >= 0.6 is 0 Å². The fourth-order valence-corrected chi connectivity index (χ4v) is 5.07. The highest BCUT2D eigenvalue weighted by molar-refractivity contribution is 7.89. The third kappa shape index (κ3) is 3.27. The molecule has 0 spiro atoms. The second-order valence-electron chi connectivity index (χ2n) is 6.68. The van der Waals surface area contributed by atoms with Crippen molar-refractivity contribution in [3.05, 3.63) is 65.7 Å². The van der Waals surface area contributed by atoms with E-state index in [2.05, 4.69) is 0 Å². The average molecular weight is 372 g/mol. The summed E-state index contributed by atoms with van der Waals surface area (Å²) in [5.41, 5.74) is 1.80. The molecule has 138 valence electrons. The Morgan fingerprint density at radius 1 is 1.08 bits per heavy atom. The Morgan fingerprint density at radius 3 is 2.27 bits per heavy atom. The van der Waals surface area contributed by atoms with E-state index >= 15 is 0 Å². The first-order chi connectivity index (χ1) is 12.4. The van der Waals surface area contributed by atoms with Gasteiger partial charge in [0.15, 0.2) is 0 Å². The van der Waals surface area contributed by atoms with Crippen LogP contribution in [0.4, 0.5) is 0 Å². The van der Waals surface area contributed by atoms with Crippen molar-refractivity contribution in [3.63, 3.8) is 0 Å². The van der Waals surface area contributed by atoms with Crippen LogP contribution in [0.1, 0.15) is 37.6 Å². The van der Waals surface area contributed by atoms with Crippen molar-refractivity contribution in [1.82, 2.24) is 9.21 Å². The summed E-state index contributed by atoms with van der Waals surface area (Å²) in [6.07, 6.45) is -0.281. The molecule has 6 heteroatoms. The standard InChI is InChI=1S/C20H24N2O3S/c1-4-19(23)22-16(3)14-21(20(22)17-8-6-5-7-9-17)26(24,25)18-12-10-15(2)11-13-18/h5-13,16,20H,4,14H2,1-3H3. The van der Waals surface area contributed by atoms with Gasteiger partial charge in [-0.05, 0) is 31.5 Å². The Morgan fingerprint density at radius 2 is 1.69 bits per heavy atom. The number of rotatable bonds is 4. The van der Waals surface area contributed by atoms with Crippen molar-refractivity contribution >= 4 is 15.9 Å². The molecule has 0 aromatic heterocycles. The molecule has 2 atom stereocenters. The predicted octanol–water partition coefficient (Wildman–Crippen LogP) is 3.33. The number of benzene rings is 2. The lowest BCUT2D eigenvalue weighted by atomic mass is 10.1. The fraction of sp³-hybridized carbons (Fsp3) is 0.350. The SMILES string of the molecule is CCC(=O)N1C(C)CN(S(=O)(=O)c2ccc(C)cc2)C1c1ccccc1. The minimum absolute atomic E-state index is 0.0482. The predicted molar refractivity (Wildman–Crippen MR) is 101 cm³/mol. The van der Waals surface area contributed by atoms with Gasteiger partial charge in [-0.25, -0.2) is 8.42 Å². The molecule has 1 fully saturated rings. The van der Waals surface area contributed by atoms with Crippen molar-refractivity contribution in [2.75, 3.05) is 6.54 Å². The summed E-state index contributed by atoms with van der Waals surface area (Å²) in [5, 5.41) is 0. The van der Waals surface area contributed by atoms with Crippen molar-refractivity contribution in [2.24, 2.45) is 0 Å². The van der Waals surface area contributed by atoms with Gasteiger partial charge < -0.3 is 4.90 Å². The van der Waals surface area contributed by atoms with E-state index in [4.69, 9.17) is 0 Å². The second kappa shape index (κ2) is 7.21. The van der Waals surface area contributed by atoms with Gasteiger partial charge in [0.05, 0.1) is 4.90 Å². The molecule has 0 radical (unpaired) electrons. The number of nitrogens with zero attached hydrogens (tertiary/aromatic N) is 2. The first kappa shape index (κ1) is 18.6. The summed E-state index contributed by atoms with van der Waals surface area (Å²) >= 11 is 0. The monoisotopic (exact) mass is 372 g/mol. The van der Waals surface area contributed by atoms with Crippen LogP contribution in [0.5, 0.6) is 0 Å². The van der Waals surface area contributed by atoms with Crippen molar-refractivity contribution < 1.29 is 13.2 Å². The largest absolute Gasteiger partial charge is 0.318 e. The molecule has 2 aromatic rings. The van der Waals surface area contributed by atoms with Crippen molar-refractivity contribution in [3.8, 4) is 0 Å². The van der Waals surface area contributed by atoms with Crippen molar-refractivity contribution in [1.29, 1.82) is 0 Å². The number of sulfonamides is 1. The number of carbonyl (C=O) groups excluding carboxylic acids is 1. The molecular formula is C20H24N2O3S. The molecule has 2 aromatic carbocycles. The van der Waals surface area contributed by atoms with Crippen LogP contribution in [0.15, 0.2) is 59.5 Å². The highest BCUT2D eigenvalue weighted by Gasteiger charge is 2.46. The lowest BCUT2D eigenvalue weighted by Crippen LogP contribution is -2.39. The Bertz CT molecular complexity index is 879. The molecule has 0 saturated carbocycles. The van der Waals surface area contributed by atoms with E-state index in [0.717, 1.165) is 11.1 Å². The van der Waals surface area contributed by atoms with Crippen LogP contribution in [0.3, 0.4) is 0 Å². The lowest BCUT2D eigenvalue weighted by molar-refractivity contribution is -0.134. The fourth-order valence-electron chi connectivity index (χ4n) is 3.42. The van der Waals surface area contributed by atoms with E-state index < -0.39 is 16.2 Å². The van der Waals surface area contributed by atoms with E-state index in [0.29, 0.717) is 6.42 Å². The summed E-state index contributed by atoms with van der Waals surface area (Å²) in [6, 6.07) is 16.0. The molecule has 3 rings (SSSR count). The highest BCUT2D eigenvalue weighted by atomic mass is 32.2. The van der Waals surface area contributed by atoms with Gasteiger partial charge in [-0.3, -0.25) is 4.79 Å². The van der Waals surface area contributed by atoms with Gasteiger partial charge in [-0.15, -0.1) is 0 Å². The third-order valence-electron chi connectivity index (χ3n) is 4.77. The molecule has 1 saturated heterocycles. The van der Waals surface area contributed by atoms with Crippen LogP contribution in [-0.2, 0) is 14.8 Å². The first-order valence-electron chi connectivity index (χ1n) is 8.81. The summed E-state index contributed by atoms with van der Waals surface area (Å²) in [4.78, 5) is 14.5. The van der Waals surface area contributed by atoms with E-state index in [1.165, 1.54) is 4.31 Å². The number of amides is 1. The molecule has 2 unspecified atom stereocenters. The van der Waals surface area contributed by atoms with E-state index in [-0.39, 0.29) is 23.4 Å². The average Bonchev–Trinajstić information content (AvgIpc) is 3.00. The topological polar surface area (TPSA) is 57.7 Å². The Hall–Kier alpha value is -2.18. The summed E-state index contributed by atoms with van der Waals surface area (Å²) in [7, 11) is -3.72. The summed E-state index contributed by atoms with van der Waals surface area (Å²) < 4.78 is 28.1. The molecule has 26 heavy (non-hydrogen) atoms. The van der Waals surface area contributed by atoms with Gasteiger partial charge >= 0.3 is 0 Å². The van der Waals surface area contributed by atoms with Crippen LogP contribution in [-0.4, -0.2) is 36.1 Å². The number of aryl methyl sites for hydroxylation is 1. The Balaban J connectivity index is 2.09. The second-order valence-corrected chi connectivity index (χ2v) is 8.57. The van der Waals surface area contributed by atoms with Crippen LogP contribution < -0.4 is 0 Å². The Labute approximate surface area is 155 Å². The van der Waals surface area contributed by atoms with Crippen LogP contribution in [0.2, 0.25) is 0 Å². The van der Waals surface area contributed by atoms with E-state index in [1.54, 1.807) is 36.1 Å². The van der Waals surface area contributed by atoms with Crippen molar-refractivity contribution in [2.45, 2.75) is 44.3 Å². The molecule has 1 amide bonds.